The Morgan fingerprint density at radius 1 is 1.27 bits per heavy atom. The number of ether oxygens (including phenoxy) is 3. The van der Waals surface area contributed by atoms with Crippen LogP contribution in [0.1, 0.15) is 20.3 Å². The second-order valence-electron chi connectivity index (χ2n) is 7.24. The van der Waals surface area contributed by atoms with Gasteiger partial charge < -0.3 is 19.5 Å². The first-order chi connectivity index (χ1) is 15.6. The Balaban J connectivity index is 2.19. The molecule has 1 unspecified atom stereocenters. The zero-order chi connectivity index (χ0) is 24.5. The molecule has 2 rings (SSSR count). The van der Waals surface area contributed by atoms with Crippen molar-refractivity contribution >= 4 is 44.1 Å². The van der Waals surface area contributed by atoms with Crippen molar-refractivity contribution in [2.75, 3.05) is 32.2 Å². The molecule has 10 nitrogen and oxygen atoms in total. The van der Waals surface area contributed by atoms with Crippen molar-refractivity contribution in [3.05, 3.63) is 51.8 Å². The summed E-state index contributed by atoms with van der Waals surface area (Å²) >= 11 is 6.38. The molecule has 0 aliphatic heterocycles. The van der Waals surface area contributed by atoms with Crippen LogP contribution in [0.2, 0.25) is 0 Å². The molecule has 1 aromatic carbocycles. The van der Waals surface area contributed by atoms with Crippen LogP contribution in [0.4, 0.5) is 11.4 Å². The molecule has 0 bridgehead atoms. The fraction of sp³-hybridized carbons (Fsp3) is 0.429. The average molecular weight is 501 g/mol. The lowest BCUT2D eigenvalue weighted by Crippen LogP contribution is -2.28. The predicted octanol–water partition coefficient (Wildman–Crippen LogP) is 3.10. The molecule has 1 aliphatic rings. The molecule has 0 spiro atoms. The van der Waals surface area contributed by atoms with Crippen molar-refractivity contribution in [2.45, 2.75) is 25.6 Å². The number of benzene rings is 1. The number of esters is 1. The maximum Gasteiger partial charge on any atom is 0.307 e. The van der Waals surface area contributed by atoms with E-state index in [2.05, 4.69) is 5.32 Å². The number of alkyl halides is 1. The third kappa shape index (κ3) is 7.31. The van der Waals surface area contributed by atoms with Gasteiger partial charge in [0, 0.05) is 25.8 Å². The van der Waals surface area contributed by atoms with Crippen LogP contribution in [0.5, 0.6) is 5.75 Å². The van der Waals surface area contributed by atoms with Gasteiger partial charge in [-0.1, -0.05) is 19.9 Å². The second kappa shape index (κ2) is 12.4. The number of nitrogens with one attached hydrogen (secondary N) is 1. The van der Waals surface area contributed by atoms with Gasteiger partial charge in [-0.2, -0.15) is 8.42 Å². The van der Waals surface area contributed by atoms with Gasteiger partial charge in [-0.05, 0) is 23.6 Å². The Kier molecular flexibility index (Phi) is 9.89. The number of allylic oxidation sites excluding steroid dienone is 4. The Labute approximate surface area is 197 Å². The maximum atomic E-state index is 11.7. The molecule has 0 fully saturated rings. The highest BCUT2D eigenvalue weighted by Crippen LogP contribution is 2.32. The third-order valence-electron chi connectivity index (χ3n) is 4.59. The molecule has 12 heteroatoms. The number of carbonyl (C=O) groups is 1. The summed E-state index contributed by atoms with van der Waals surface area (Å²) < 4.78 is 39.0. The minimum Gasteiger partial charge on any atom is -0.463 e. The molecule has 180 valence electrons. The van der Waals surface area contributed by atoms with Gasteiger partial charge in [-0.15, -0.1) is 11.6 Å². The molecule has 33 heavy (non-hydrogen) atoms. The lowest BCUT2D eigenvalue weighted by atomic mass is 9.93. The van der Waals surface area contributed by atoms with Crippen LogP contribution in [0.15, 0.2) is 41.7 Å². The Morgan fingerprint density at radius 3 is 2.61 bits per heavy atom. The smallest absolute Gasteiger partial charge is 0.307 e. The van der Waals surface area contributed by atoms with Gasteiger partial charge in [-0.3, -0.25) is 14.9 Å². The minimum atomic E-state index is -2.55. The fourth-order valence-electron chi connectivity index (χ4n) is 2.98. The van der Waals surface area contributed by atoms with Gasteiger partial charge in [-0.25, -0.2) is 0 Å². The van der Waals surface area contributed by atoms with E-state index in [0.717, 1.165) is 0 Å². The van der Waals surface area contributed by atoms with Crippen LogP contribution >= 0.6 is 11.6 Å². The lowest BCUT2D eigenvalue weighted by Gasteiger charge is -2.23. The highest BCUT2D eigenvalue weighted by Gasteiger charge is 2.29. The Morgan fingerprint density at radius 2 is 2.00 bits per heavy atom. The summed E-state index contributed by atoms with van der Waals surface area (Å²) in [5, 5.41) is 13.2. The van der Waals surface area contributed by atoms with E-state index in [4.69, 9.17) is 25.8 Å². The SMILES string of the molecule is COCCOC(=O)CCNc1cc(OC2=CC=C(C(C)C)C(=S(=O)=O)C2Cl)ccc1[N+](=O)[O-]. The number of carbonyl (C=O) groups excluding carboxylic acids is 1. The highest BCUT2D eigenvalue weighted by atomic mass is 35.5. The largest absolute Gasteiger partial charge is 0.463 e. The van der Waals surface area contributed by atoms with Crippen LogP contribution in [0.25, 0.3) is 0 Å². The number of methoxy groups -OCH3 is 1. The molecule has 0 saturated carbocycles. The Hall–Kier alpha value is -2.89. The van der Waals surface area contributed by atoms with E-state index in [0.29, 0.717) is 5.57 Å². The molecule has 0 saturated heterocycles. The van der Waals surface area contributed by atoms with E-state index in [1.165, 1.54) is 25.3 Å². The van der Waals surface area contributed by atoms with Crippen molar-refractivity contribution in [2.24, 2.45) is 5.92 Å². The number of rotatable bonds is 11. The van der Waals surface area contributed by atoms with E-state index >= 15 is 0 Å². The number of anilines is 1. The summed E-state index contributed by atoms with van der Waals surface area (Å²) in [5.74, 6) is -0.163. The van der Waals surface area contributed by atoms with Crippen LogP contribution < -0.4 is 10.1 Å². The monoisotopic (exact) mass is 500 g/mol. The molecule has 1 aromatic rings. The van der Waals surface area contributed by atoms with Crippen molar-refractivity contribution in [1.29, 1.82) is 0 Å². The molecular weight excluding hydrogens is 476 g/mol. The quantitative estimate of drug-likeness (QED) is 0.121. The summed E-state index contributed by atoms with van der Waals surface area (Å²) in [6.07, 6.45) is 3.19. The number of nitro groups is 1. The molecule has 0 heterocycles. The summed E-state index contributed by atoms with van der Waals surface area (Å²) in [7, 11) is -1.06. The maximum absolute atomic E-state index is 11.7. The van der Waals surface area contributed by atoms with E-state index in [1.54, 1.807) is 12.2 Å². The molecule has 1 aliphatic carbocycles. The minimum absolute atomic E-state index is 0.0166. The van der Waals surface area contributed by atoms with Crippen molar-refractivity contribution in [3.8, 4) is 5.75 Å². The molecular formula is C21H25ClN2O8S. The molecule has 1 N–H and O–H groups in total. The predicted molar refractivity (Wildman–Crippen MR) is 124 cm³/mol. The van der Waals surface area contributed by atoms with Crippen molar-refractivity contribution in [3.63, 3.8) is 0 Å². The molecule has 1 atom stereocenters. The van der Waals surface area contributed by atoms with E-state index < -0.39 is 26.6 Å². The average Bonchev–Trinajstić information content (AvgIpc) is 2.74. The third-order valence-corrected chi connectivity index (χ3v) is 5.98. The van der Waals surface area contributed by atoms with Gasteiger partial charge in [0.15, 0.2) is 0 Å². The summed E-state index contributed by atoms with van der Waals surface area (Å²) in [6.45, 7) is 4.18. The molecule has 0 radical (unpaired) electrons. The van der Waals surface area contributed by atoms with Gasteiger partial charge >= 0.3 is 5.97 Å². The van der Waals surface area contributed by atoms with Crippen molar-refractivity contribution < 1.29 is 32.3 Å². The number of nitrogens with zero attached hydrogens (tertiary/aromatic N) is 1. The highest BCUT2D eigenvalue weighted by molar-refractivity contribution is 7.73. The number of halogens is 1. The first-order valence-corrected chi connectivity index (χ1v) is 11.5. The number of hydrogen-bond acceptors (Lipinski definition) is 9. The van der Waals surface area contributed by atoms with Crippen LogP contribution in [-0.4, -0.2) is 56.4 Å². The first-order valence-electron chi connectivity index (χ1n) is 10.0. The topological polar surface area (TPSA) is 134 Å². The van der Waals surface area contributed by atoms with Gasteiger partial charge in [0.1, 0.15) is 34.0 Å². The van der Waals surface area contributed by atoms with E-state index in [-0.39, 0.29) is 59.8 Å². The summed E-state index contributed by atoms with van der Waals surface area (Å²) in [5.41, 5.74) is 0.490. The van der Waals surface area contributed by atoms with Gasteiger partial charge in [0.25, 0.3) is 5.69 Å². The van der Waals surface area contributed by atoms with Gasteiger partial charge in [0.05, 0.1) is 18.0 Å². The number of hydrogen-bond donors (Lipinski definition) is 1. The standard InChI is InChI=1S/C21H25ClN2O8S/c1-13(2)15-5-7-18(20(22)21(15)33(28)29)32-14-4-6-17(24(26)27)16(12-14)23-9-8-19(25)31-11-10-30-3/h4-7,12-13,20,23H,8-11H2,1-3H3. The normalized spacial score (nSPS) is 15.5. The van der Waals surface area contributed by atoms with Crippen LogP contribution in [-0.2, 0) is 24.6 Å². The van der Waals surface area contributed by atoms with Crippen molar-refractivity contribution in [1.82, 2.24) is 0 Å². The Bertz CT molecular complexity index is 1090. The lowest BCUT2D eigenvalue weighted by molar-refractivity contribution is -0.384. The number of nitro benzene ring substituents is 1. The second-order valence-corrected chi connectivity index (χ2v) is 8.58. The van der Waals surface area contributed by atoms with Gasteiger partial charge in [0.2, 0.25) is 10.3 Å². The summed E-state index contributed by atoms with van der Waals surface area (Å²) in [4.78, 5) is 22.5. The van der Waals surface area contributed by atoms with Crippen LogP contribution in [0.3, 0.4) is 0 Å². The zero-order valence-electron chi connectivity index (χ0n) is 18.4. The molecule has 0 amide bonds. The zero-order valence-corrected chi connectivity index (χ0v) is 19.9. The fourth-order valence-corrected chi connectivity index (χ4v) is 4.23. The van der Waals surface area contributed by atoms with E-state index in [9.17, 15) is 23.3 Å². The van der Waals surface area contributed by atoms with Crippen LogP contribution in [0, 0.1) is 16.0 Å². The molecule has 0 aromatic heterocycles. The van der Waals surface area contributed by atoms with E-state index in [1.807, 2.05) is 13.8 Å². The first kappa shape index (κ1) is 26.4. The summed E-state index contributed by atoms with van der Waals surface area (Å²) in [6, 6.07) is 4.00.